The third-order valence-corrected chi connectivity index (χ3v) is 3.27. The third-order valence-electron chi connectivity index (χ3n) is 3.02. The average Bonchev–Trinajstić information content (AvgIpc) is 2.83. The van der Waals surface area contributed by atoms with Crippen molar-refractivity contribution in [1.29, 1.82) is 0 Å². The number of nitrogens with zero attached hydrogens (tertiary/aromatic N) is 1. The molecule has 1 aromatic rings. The highest BCUT2D eigenvalue weighted by molar-refractivity contribution is 6.30. The summed E-state index contributed by atoms with van der Waals surface area (Å²) in [6.07, 6.45) is 2.57. The SMILES string of the molecule is O=C(NCCN1CCCC1)c1ccc(Cl)cc1.[Cl-]. The van der Waals surface area contributed by atoms with Crippen molar-refractivity contribution in [2.45, 2.75) is 12.8 Å². The molecule has 1 aromatic carbocycles. The van der Waals surface area contributed by atoms with Crippen LogP contribution < -0.4 is 17.7 Å². The smallest absolute Gasteiger partial charge is 0.251 e. The molecular weight excluding hydrogens is 271 g/mol. The second kappa shape index (κ2) is 7.62. The van der Waals surface area contributed by atoms with E-state index in [1.807, 2.05) is 0 Å². The Bertz CT molecular complexity index is 375. The normalized spacial score (nSPS) is 15.2. The van der Waals surface area contributed by atoms with Gasteiger partial charge in [-0.05, 0) is 50.2 Å². The molecule has 1 heterocycles. The van der Waals surface area contributed by atoms with Crippen LogP contribution in [0.1, 0.15) is 23.2 Å². The molecule has 1 saturated heterocycles. The zero-order chi connectivity index (χ0) is 12.1. The molecule has 3 nitrogen and oxygen atoms in total. The lowest BCUT2D eigenvalue weighted by molar-refractivity contribution is -0.0000118. The molecule has 0 spiro atoms. The summed E-state index contributed by atoms with van der Waals surface area (Å²) in [5, 5.41) is 3.57. The van der Waals surface area contributed by atoms with Crippen LogP contribution in [0.15, 0.2) is 24.3 Å². The van der Waals surface area contributed by atoms with Gasteiger partial charge in [0.25, 0.3) is 5.91 Å². The fourth-order valence-corrected chi connectivity index (χ4v) is 2.16. The summed E-state index contributed by atoms with van der Waals surface area (Å²) in [6, 6.07) is 6.95. The number of rotatable bonds is 4. The number of amides is 1. The maximum Gasteiger partial charge on any atom is 0.251 e. The Morgan fingerprint density at radius 3 is 2.44 bits per heavy atom. The summed E-state index contributed by atoms with van der Waals surface area (Å²) in [5.74, 6) is -0.0270. The first kappa shape index (κ1) is 15.3. The number of benzene rings is 1. The minimum Gasteiger partial charge on any atom is -1.00 e. The predicted molar refractivity (Wildman–Crippen MR) is 69.5 cm³/mol. The van der Waals surface area contributed by atoms with Crippen molar-refractivity contribution in [2.24, 2.45) is 0 Å². The molecular formula is C13H17Cl2N2O-. The van der Waals surface area contributed by atoms with Gasteiger partial charge in [-0.15, -0.1) is 0 Å². The van der Waals surface area contributed by atoms with Crippen molar-refractivity contribution in [1.82, 2.24) is 10.2 Å². The van der Waals surface area contributed by atoms with Crippen LogP contribution in [0, 0.1) is 0 Å². The molecule has 0 saturated carbocycles. The quantitative estimate of drug-likeness (QED) is 0.784. The number of halogens is 2. The molecule has 2 rings (SSSR count). The van der Waals surface area contributed by atoms with E-state index in [0.717, 1.165) is 19.6 Å². The van der Waals surface area contributed by atoms with Crippen molar-refractivity contribution < 1.29 is 17.2 Å². The van der Waals surface area contributed by atoms with Gasteiger partial charge in [0.2, 0.25) is 0 Å². The zero-order valence-corrected chi connectivity index (χ0v) is 11.7. The van der Waals surface area contributed by atoms with E-state index in [1.54, 1.807) is 24.3 Å². The third kappa shape index (κ3) is 4.48. The Kier molecular flexibility index (Phi) is 6.47. The standard InChI is InChI=1S/C13H17ClN2O.ClH/c14-12-5-3-11(4-6-12)13(17)15-7-10-16-8-1-2-9-16;/h3-6H,1-2,7-10H2,(H,15,17);1H/p-1. The van der Waals surface area contributed by atoms with E-state index in [4.69, 9.17) is 11.6 Å². The molecule has 0 unspecified atom stereocenters. The maximum absolute atomic E-state index is 11.8. The lowest BCUT2D eigenvalue weighted by Gasteiger charge is -2.14. The van der Waals surface area contributed by atoms with E-state index >= 15 is 0 Å². The first-order chi connectivity index (χ1) is 8.25. The van der Waals surface area contributed by atoms with Crippen LogP contribution >= 0.6 is 11.6 Å². The summed E-state index contributed by atoms with van der Waals surface area (Å²) in [5.41, 5.74) is 0.663. The molecule has 1 fully saturated rings. The second-order valence-corrected chi connectivity index (χ2v) is 4.75. The van der Waals surface area contributed by atoms with Crippen LogP contribution in [0.2, 0.25) is 5.02 Å². The Balaban J connectivity index is 0.00000162. The number of carbonyl (C=O) groups is 1. The first-order valence-electron chi connectivity index (χ1n) is 6.02. The van der Waals surface area contributed by atoms with Gasteiger partial charge in [0.1, 0.15) is 0 Å². The Hall–Kier alpha value is -0.770. The van der Waals surface area contributed by atoms with Crippen molar-refractivity contribution in [3.63, 3.8) is 0 Å². The lowest BCUT2D eigenvalue weighted by Crippen LogP contribution is -3.00. The Morgan fingerprint density at radius 2 is 1.83 bits per heavy atom. The summed E-state index contributed by atoms with van der Waals surface area (Å²) in [7, 11) is 0. The molecule has 1 aliphatic rings. The first-order valence-corrected chi connectivity index (χ1v) is 6.39. The van der Waals surface area contributed by atoms with Crippen LogP contribution in [0.4, 0.5) is 0 Å². The van der Waals surface area contributed by atoms with Crippen molar-refractivity contribution in [3.8, 4) is 0 Å². The largest absolute Gasteiger partial charge is 1.00 e. The fourth-order valence-electron chi connectivity index (χ4n) is 2.04. The van der Waals surface area contributed by atoms with Gasteiger partial charge in [0, 0.05) is 23.7 Å². The zero-order valence-electron chi connectivity index (χ0n) is 10.2. The van der Waals surface area contributed by atoms with Gasteiger partial charge in [-0.2, -0.15) is 0 Å². The lowest BCUT2D eigenvalue weighted by atomic mass is 10.2. The Morgan fingerprint density at radius 1 is 1.22 bits per heavy atom. The molecule has 0 bridgehead atoms. The molecule has 0 atom stereocenters. The van der Waals surface area contributed by atoms with Gasteiger partial charge in [-0.1, -0.05) is 11.6 Å². The topological polar surface area (TPSA) is 32.3 Å². The predicted octanol–water partition coefficient (Wildman–Crippen LogP) is -0.830. The summed E-state index contributed by atoms with van der Waals surface area (Å²) < 4.78 is 0. The van der Waals surface area contributed by atoms with Crippen LogP contribution in [0.25, 0.3) is 0 Å². The van der Waals surface area contributed by atoms with Crippen molar-refractivity contribution in [3.05, 3.63) is 34.9 Å². The number of likely N-dealkylation sites (tertiary alicyclic amines) is 1. The number of hydrogen-bond acceptors (Lipinski definition) is 2. The molecule has 5 heteroatoms. The van der Waals surface area contributed by atoms with Gasteiger partial charge in [-0.3, -0.25) is 4.79 Å². The van der Waals surface area contributed by atoms with Gasteiger partial charge >= 0.3 is 0 Å². The minimum atomic E-state index is -0.0270. The van der Waals surface area contributed by atoms with Crippen LogP contribution in [-0.4, -0.2) is 37.0 Å². The molecule has 0 aromatic heterocycles. The highest BCUT2D eigenvalue weighted by Gasteiger charge is 2.11. The highest BCUT2D eigenvalue weighted by atomic mass is 35.5. The van der Waals surface area contributed by atoms with E-state index in [9.17, 15) is 4.79 Å². The number of carbonyl (C=O) groups excluding carboxylic acids is 1. The summed E-state index contributed by atoms with van der Waals surface area (Å²) in [6.45, 7) is 3.98. The van der Waals surface area contributed by atoms with E-state index in [2.05, 4.69) is 10.2 Å². The van der Waals surface area contributed by atoms with E-state index in [-0.39, 0.29) is 18.3 Å². The van der Waals surface area contributed by atoms with Crippen LogP contribution in [0.3, 0.4) is 0 Å². The van der Waals surface area contributed by atoms with Crippen LogP contribution in [-0.2, 0) is 0 Å². The minimum absolute atomic E-state index is 0. The summed E-state index contributed by atoms with van der Waals surface area (Å²) in [4.78, 5) is 14.1. The van der Waals surface area contributed by atoms with Gasteiger partial charge < -0.3 is 22.6 Å². The van der Waals surface area contributed by atoms with E-state index < -0.39 is 0 Å². The van der Waals surface area contributed by atoms with Crippen molar-refractivity contribution in [2.75, 3.05) is 26.2 Å². The molecule has 1 aliphatic heterocycles. The number of nitrogens with one attached hydrogen (secondary N) is 1. The molecule has 100 valence electrons. The number of hydrogen-bond donors (Lipinski definition) is 1. The molecule has 0 aliphatic carbocycles. The summed E-state index contributed by atoms with van der Waals surface area (Å²) >= 11 is 5.77. The molecule has 1 amide bonds. The van der Waals surface area contributed by atoms with Crippen molar-refractivity contribution >= 4 is 17.5 Å². The molecule has 1 N–H and O–H groups in total. The second-order valence-electron chi connectivity index (χ2n) is 4.31. The van der Waals surface area contributed by atoms with Crippen LogP contribution in [0.5, 0.6) is 0 Å². The monoisotopic (exact) mass is 287 g/mol. The molecule has 18 heavy (non-hydrogen) atoms. The average molecular weight is 288 g/mol. The van der Waals surface area contributed by atoms with Gasteiger partial charge in [0.05, 0.1) is 0 Å². The fraction of sp³-hybridized carbons (Fsp3) is 0.462. The van der Waals surface area contributed by atoms with E-state index in [0.29, 0.717) is 17.1 Å². The Labute approximate surface area is 119 Å². The van der Waals surface area contributed by atoms with E-state index in [1.165, 1.54) is 12.8 Å². The highest BCUT2D eigenvalue weighted by Crippen LogP contribution is 2.09. The van der Waals surface area contributed by atoms with Gasteiger partial charge in [-0.25, -0.2) is 0 Å². The molecule has 0 radical (unpaired) electrons. The maximum atomic E-state index is 11.8. The van der Waals surface area contributed by atoms with Gasteiger partial charge in [0.15, 0.2) is 0 Å².